The maximum Gasteiger partial charge on any atom is 0.228 e. The Morgan fingerprint density at radius 3 is 1.81 bits per heavy atom. The van der Waals surface area contributed by atoms with Crippen molar-refractivity contribution in [1.29, 1.82) is 0 Å². The first-order valence-electron chi connectivity index (χ1n) is 9.20. The molecule has 1 N–H and O–H groups in total. The summed E-state index contributed by atoms with van der Waals surface area (Å²) >= 11 is 0. The van der Waals surface area contributed by atoms with Gasteiger partial charge in [0.1, 0.15) is 5.82 Å². The van der Waals surface area contributed by atoms with Crippen LogP contribution in [0.15, 0.2) is 72.8 Å². The van der Waals surface area contributed by atoms with Crippen LogP contribution in [0.5, 0.6) is 0 Å². The number of benzene rings is 3. The van der Waals surface area contributed by atoms with E-state index >= 15 is 0 Å². The highest BCUT2D eigenvalue weighted by molar-refractivity contribution is 5.97. The van der Waals surface area contributed by atoms with Gasteiger partial charge in [-0.3, -0.25) is 4.79 Å². The molecule has 1 fully saturated rings. The number of anilines is 1. The molecular formula is C24H22FNO. The summed E-state index contributed by atoms with van der Waals surface area (Å²) in [5.41, 5.74) is 5.05. The summed E-state index contributed by atoms with van der Waals surface area (Å²) in [6.07, 6.45) is 0.770. The van der Waals surface area contributed by atoms with Gasteiger partial charge in [-0.2, -0.15) is 0 Å². The van der Waals surface area contributed by atoms with E-state index < -0.39 is 0 Å². The van der Waals surface area contributed by atoms with E-state index in [0.717, 1.165) is 17.5 Å². The molecule has 1 amide bonds. The molecule has 1 atom stereocenters. The van der Waals surface area contributed by atoms with Crippen molar-refractivity contribution in [3.63, 3.8) is 0 Å². The monoisotopic (exact) mass is 359 g/mol. The zero-order valence-corrected chi connectivity index (χ0v) is 15.5. The van der Waals surface area contributed by atoms with Gasteiger partial charge in [0.15, 0.2) is 0 Å². The van der Waals surface area contributed by atoms with Crippen molar-refractivity contribution < 1.29 is 9.18 Å². The highest BCUT2D eigenvalue weighted by Crippen LogP contribution is 2.59. The van der Waals surface area contributed by atoms with Gasteiger partial charge in [-0.25, -0.2) is 4.39 Å². The number of amides is 1. The first-order chi connectivity index (χ1) is 13.0. The Morgan fingerprint density at radius 1 is 0.852 bits per heavy atom. The third-order valence-corrected chi connectivity index (χ3v) is 5.52. The standard InChI is InChI=1S/C24H22FNO/c1-16-3-7-18(8-4-16)24(19-9-5-17(2)6-10-19)15-22(24)23(27)26-21-13-11-20(25)12-14-21/h3-14,22H,15H2,1-2H3,(H,26,27)/t22-/m1/s1. The topological polar surface area (TPSA) is 29.1 Å². The third-order valence-electron chi connectivity index (χ3n) is 5.52. The van der Waals surface area contributed by atoms with Crippen molar-refractivity contribution in [2.24, 2.45) is 5.92 Å². The van der Waals surface area contributed by atoms with Crippen molar-refractivity contribution >= 4 is 11.6 Å². The first kappa shape index (κ1) is 17.5. The maximum atomic E-state index is 13.1. The summed E-state index contributed by atoms with van der Waals surface area (Å²) in [5.74, 6) is -0.483. The van der Waals surface area contributed by atoms with Gasteiger partial charge < -0.3 is 5.32 Å². The molecule has 1 aliphatic rings. The second-order valence-corrected chi connectivity index (χ2v) is 7.46. The second-order valence-electron chi connectivity index (χ2n) is 7.46. The van der Waals surface area contributed by atoms with E-state index in [2.05, 4.69) is 67.7 Å². The molecule has 136 valence electrons. The fourth-order valence-corrected chi connectivity index (χ4v) is 3.85. The normalized spacial score (nSPS) is 17.4. The Kier molecular flexibility index (Phi) is 4.31. The molecule has 3 aromatic rings. The minimum atomic E-state index is -0.312. The lowest BCUT2D eigenvalue weighted by Crippen LogP contribution is -2.22. The van der Waals surface area contributed by atoms with Crippen LogP contribution in [0.4, 0.5) is 10.1 Å². The van der Waals surface area contributed by atoms with Gasteiger partial charge >= 0.3 is 0 Å². The quantitative estimate of drug-likeness (QED) is 0.665. The predicted octanol–water partition coefficient (Wildman–Crippen LogP) is 5.39. The largest absolute Gasteiger partial charge is 0.326 e. The predicted molar refractivity (Wildman–Crippen MR) is 106 cm³/mol. The van der Waals surface area contributed by atoms with Crippen molar-refractivity contribution in [2.45, 2.75) is 25.7 Å². The SMILES string of the molecule is Cc1ccc(C2(c3ccc(C)cc3)C[C@@H]2C(=O)Nc2ccc(F)cc2)cc1. The van der Waals surface area contributed by atoms with Crippen LogP contribution in [0.1, 0.15) is 28.7 Å². The highest BCUT2D eigenvalue weighted by Gasteiger charge is 2.60. The van der Waals surface area contributed by atoms with E-state index in [-0.39, 0.29) is 23.1 Å². The average Bonchev–Trinajstić information content (AvgIpc) is 3.42. The van der Waals surface area contributed by atoms with Crippen LogP contribution >= 0.6 is 0 Å². The molecule has 4 rings (SSSR count). The van der Waals surface area contributed by atoms with E-state index in [1.54, 1.807) is 12.1 Å². The molecule has 0 spiro atoms. The van der Waals surface area contributed by atoms with Crippen LogP contribution in [0.2, 0.25) is 0 Å². The van der Waals surface area contributed by atoms with Crippen LogP contribution in [-0.4, -0.2) is 5.91 Å². The summed E-state index contributed by atoms with van der Waals surface area (Å²) < 4.78 is 13.1. The molecule has 0 bridgehead atoms. The van der Waals surface area contributed by atoms with Crippen LogP contribution in [0, 0.1) is 25.6 Å². The molecule has 0 unspecified atom stereocenters. The van der Waals surface area contributed by atoms with Crippen molar-refractivity contribution in [2.75, 3.05) is 5.32 Å². The Bertz CT molecular complexity index is 913. The summed E-state index contributed by atoms with van der Waals surface area (Å²) in [5, 5.41) is 2.94. The van der Waals surface area contributed by atoms with Crippen LogP contribution in [0.25, 0.3) is 0 Å². The lowest BCUT2D eigenvalue weighted by Gasteiger charge is -2.19. The highest BCUT2D eigenvalue weighted by atomic mass is 19.1. The Labute approximate surface area is 159 Å². The maximum absolute atomic E-state index is 13.1. The molecule has 0 aromatic heterocycles. The van der Waals surface area contributed by atoms with E-state index in [0.29, 0.717) is 5.69 Å². The smallest absolute Gasteiger partial charge is 0.228 e. The number of carbonyl (C=O) groups excluding carboxylic acids is 1. The number of nitrogens with one attached hydrogen (secondary N) is 1. The van der Waals surface area contributed by atoms with Crippen LogP contribution in [-0.2, 0) is 10.2 Å². The van der Waals surface area contributed by atoms with Gasteiger partial charge in [0.05, 0.1) is 5.92 Å². The Hall–Kier alpha value is -2.94. The van der Waals surface area contributed by atoms with E-state index in [1.165, 1.54) is 23.3 Å². The lowest BCUT2D eigenvalue weighted by molar-refractivity contribution is -0.117. The molecule has 1 saturated carbocycles. The molecule has 0 heterocycles. The molecule has 3 aromatic carbocycles. The van der Waals surface area contributed by atoms with Crippen molar-refractivity contribution in [3.8, 4) is 0 Å². The average molecular weight is 359 g/mol. The number of carbonyl (C=O) groups is 1. The van der Waals surface area contributed by atoms with Gasteiger partial charge in [0.25, 0.3) is 0 Å². The minimum Gasteiger partial charge on any atom is -0.326 e. The fraction of sp³-hybridized carbons (Fsp3) is 0.208. The molecule has 3 heteroatoms. The van der Waals surface area contributed by atoms with Gasteiger partial charge in [0, 0.05) is 11.1 Å². The molecule has 2 nitrogen and oxygen atoms in total. The van der Waals surface area contributed by atoms with E-state index in [9.17, 15) is 9.18 Å². The number of hydrogen-bond donors (Lipinski definition) is 1. The summed E-state index contributed by atoms with van der Waals surface area (Å²) in [4.78, 5) is 13.0. The number of aryl methyl sites for hydroxylation is 2. The van der Waals surface area contributed by atoms with Crippen LogP contribution in [0.3, 0.4) is 0 Å². The van der Waals surface area contributed by atoms with Crippen LogP contribution < -0.4 is 5.32 Å². The van der Waals surface area contributed by atoms with Gasteiger partial charge in [-0.05, 0) is 55.7 Å². The Morgan fingerprint density at radius 2 is 1.33 bits per heavy atom. The summed E-state index contributed by atoms with van der Waals surface area (Å²) in [6.45, 7) is 4.13. The van der Waals surface area contributed by atoms with Crippen molar-refractivity contribution in [3.05, 3.63) is 101 Å². The number of halogens is 1. The fourth-order valence-electron chi connectivity index (χ4n) is 3.85. The molecule has 0 aliphatic heterocycles. The zero-order valence-electron chi connectivity index (χ0n) is 15.5. The lowest BCUT2D eigenvalue weighted by atomic mass is 9.85. The summed E-state index contributed by atoms with van der Waals surface area (Å²) in [6, 6.07) is 22.8. The second kappa shape index (κ2) is 6.66. The first-order valence-corrected chi connectivity index (χ1v) is 9.20. The van der Waals surface area contributed by atoms with Gasteiger partial charge in [-0.15, -0.1) is 0 Å². The molecule has 27 heavy (non-hydrogen) atoms. The van der Waals surface area contributed by atoms with Crippen molar-refractivity contribution in [1.82, 2.24) is 0 Å². The number of rotatable bonds is 4. The van der Waals surface area contributed by atoms with E-state index in [4.69, 9.17) is 0 Å². The van der Waals surface area contributed by atoms with E-state index in [1.807, 2.05) is 0 Å². The molecule has 0 radical (unpaired) electrons. The minimum absolute atomic E-state index is 0.0252. The molecular weight excluding hydrogens is 337 g/mol. The molecule has 1 aliphatic carbocycles. The summed E-state index contributed by atoms with van der Waals surface area (Å²) in [7, 11) is 0. The zero-order chi connectivity index (χ0) is 19.0. The Balaban J connectivity index is 1.66. The third kappa shape index (κ3) is 3.25. The molecule has 0 saturated heterocycles. The van der Waals surface area contributed by atoms with Gasteiger partial charge in [-0.1, -0.05) is 59.7 Å². The number of hydrogen-bond acceptors (Lipinski definition) is 1. The van der Waals surface area contributed by atoms with Gasteiger partial charge in [0.2, 0.25) is 5.91 Å².